The molecule has 0 atom stereocenters. The molecule has 3 aromatic carbocycles. The first kappa shape index (κ1) is 17.8. The molecule has 0 aliphatic carbocycles. The molecule has 0 radical (unpaired) electrons. The Morgan fingerprint density at radius 2 is 1.89 bits per heavy atom. The molecule has 0 spiro atoms. The number of carbonyl (C=O) groups excluding carboxylic acids is 1. The topological polar surface area (TPSA) is 64.4 Å². The minimum atomic E-state index is -0.188. The van der Waals surface area contributed by atoms with Crippen molar-refractivity contribution in [2.45, 2.75) is 13.8 Å². The highest BCUT2D eigenvalue weighted by atomic mass is 16.5. The molecule has 0 saturated carbocycles. The van der Waals surface area contributed by atoms with E-state index in [1.54, 1.807) is 18.2 Å². The number of nitrogens with zero attached hydrogens (tertiary/aromatic N) is 1. The smallest absolute Gasteiger partial charge is 0.255 e. The summed E-state index contributed by atoms with van der Waals surface area (Å²) in [7, 11) is 0. The Hall–Kier alpha value is -3.60. The zero-order chi connectivity index (χ0) is 19.5. The number of nitrogens with one attached hydrogen (secondary N) is 1. The summed E-state index contributed by atoms with van der Waals surface area (Å²) in [6.07, 6.45) is 0. The van der Waals surface area contributed by atoms with E-state index in [9.17, 15) is 4.79 Å². The fourth-order valence-electron chi connectivity index (χ4n) is 2.95. The lowest BCUT2D eigenvalue weighted by Crippen LogP contribution is -2.11. The summed E-state index contributed by atoms with van der Waals surface area (Å²) in [4.78, 5) is 17.0. The number of aryl methyl sites for hydroxylation is 1. The van der Waals surface area contributed by atoms with Gasteiger partial charge in [-0.05, 0) is 74.0 Å². The number of carbonyl (C=O) groups is 1. The quantitative estimate of drug-likeness (QED) is 0.506. The van der Waals surface area contributed by atoms with E-state index < -0.39 is 0 Å². The van der Waals surface area contributed by atoms with Crippen LogP contribution in [-0.4, -0.2) is 17.5 Å². The number of hydrogen-bond acceptors (Lipinski definition) is 4. The zero-order valence-corrected chi connectivity index (χ0v) is 15.7. The zero-order valence-electron chi connectivity index (χ0n) is 15.7. The van der Waals surface area contributed by atoms with Crippen LogP contribution in [0.25, 0.3) is 22.6 Å². The van der Waals surface area contributed by atoms with Crippen molar-refractivity contribution < 1.29 is 13.9 Å². The number of fused-ring (bicyclic) bond motifs is 1. The van der Waals surface area contributed by atoms with Crippen molar-refractivity contribution in [1.82, 2.24) is 4.98 Å². The predicted molar refractivity (Wildman–Crippen MR) is 110 cm³/mol. The third kappa shape index (κ3) is 3.74. The maximum absolute atomic E-state index is 12.5. The molecular weight excluding hydrogens is 352 g/mol. The number of rotatable bonds is 5. The van der Waals surface area contributed by atoms with Crippen LogP contribution in [0.4, 0.5) is 5.69 Å². The van der Waals surface area contributed by atoms with Gasteiger partial charge in [0.25, 0.3) is 5.91 Å². The molecule has 1 heterocycles. The van der Waals surface area contributed by atoms with E-state index in [4.69, 9.17) is 9.15 Å². The Morgan fingerprint density at radius 1 is 1.07 bits per heavy atom. The lowest BCUT2D eigenvalue weighted by Gasteiger charge is -2.08. The third-order valence-electron chi connectivity index (χ3n) is 4.34. The summed E-state index contributed by atoms with van der Waals surface area (Å²) in [5.41, 5.74) is 4.81. The van der Waals surface area contributed by atoms with Crippen LogP contribution in [0.2, 0.25) is 0 Å². The molecule has 1 amide bonds. The largest absolute Gasteiger partial charge is 0.494 e. The van der Waals surface area contributed by atoms with E-state index in [0.717, 1.165) is 22.2 Å². The summed E-state index contributed by atoms with van der Waals surface area (Å²) < 4.78 is 11.3. The highest BCUT2D eigenvalue weighted by Crippen LogP contribution is 2.26. The molecule has 5 nitrogen and oxygen atoms in total. The summed E-state index contributed by atoms with van der Waals surface area (Å²) in [6.45, 7) is 4.48. The SMILES string of the molecule is CCOc1cccc(C(=O)Nc2ccc(-c3nc4ccc(C)cc4o3)cc2)c1. The van der Waals surface area contributed by atoms with Crippen LogP contribution < -0.4 is 10.1 Å². The van der Waals surface area contributed by atoms with E-state index in [0.29, 0.717) is 29.5 Å². The van der Waals surface area contributed by atoms with Gasteiger partial charge in [-0.2, -0.15) is 0 Å². The van der Waals surface area contributed by atoms with Crippen molar-refractivity contribution in [1.29, 1.82) is 0 Å². The monoisotopic (exact) mass is 372 g/mol. The Bertz CT molecular complexity index is 1130. The molecule has 0 unspecified atom stereocenters. The molecule has 1 N–H and O–H groups in total. The van der Waals surface area contributed by atoms with Gasteiger partial charge in [0.15, 0.2) is 5.58 Å². The van der Waals surface area contributed by atoms with Crippen LogP contribution in [0.5, 0.6) is 5.75 Å². The number of oxazole rings is 1. The molecule has 0 saturated heterocycles. The van der Waals surface area contributed by atoms with Crippen molar-refractivity contribution in [3.05, 3.63) is 77.9 Å². The standard InChI is InChI=1S/C23H20N2O3/c1-3-27-19-6-4-5-17(14-19)22(26)24-18-10-8-16(9-11-18)23-25-20-12-7-15(2)13-21(20)28-23/h4-14H,3H2,1-2H3,(H,24,26). The Labute approximate surface area is 163 Å². The van der Waals surface area contributed by atoms with Crippen LogP contribution in [-0.2, 0) is 0 Å². The molecule has 4 rings (SSSR count). The Kier molecular flexibility index (Phi) is 4.81. The molecule has 4 aromatic rings. The third-order valence-corrected chi connectivity index (χ3v) is 4.34. The maximum atomic E-state index is 12.5. The van der Waals surface area contributed by atoms with Crippen LogP contribution in [0, 0.1) is 6.92 Å². The number of hydrogen-bond donors (Lipinski definition) is 1. The summed E-state index contributed by atoms with van der Waals surface area (Å²) in [5, 5.41) is 2.89. The van der Waals surface area contributed by atoms with Crippen molar-refractivity contribution in [2.75, 3.05) is 11.9 Å². The summed E-state index contributed by atoms with van der Waals surface area (Å²) >= 11 is 0. The number of anilines is 1. The number of aromatic nitrogens is 1. The molecule has 0 bridgehead atoms. The van der Waals surface area contributed by atoms with Gasteiger partial charge in [0.05, 0.1) is 6.61 Å². The molecule has 28 heavy (non-hydrogen) atoms. The van der Waals surface area contributed by atoms with Gasteiger partial charge >= 0.3 is 0 Å². The van der Waals surface area contributed by atoms with Crippen molar-refractivity contribution >= 4 is 22.7 Å². The summed E-state index contributed by atoms with van der Waals surface area (Å²) in [6, 6.07) is 20.5. The van der Waals surface area contributed by atoms with Gasteiger partial charge in [-0.1, -0.05) is 12.1 Å². The fourth-order valence-corrected chi connectivity index (χ4v) is 2.95. The van der Waals surface area contributed by atoms with Crippen molar-refractivity contribution in [2.24, 2.45) is 0 Å². The second-order valence-corrected chi connectivity index (χ2v) is 6.48. The maximum Gasteiger partial charge on any atom is 0.255 e. The van der Waals surface area contributed by atoms with E-state index in [1.165, 1.54) is 0 Å². The van der Waals surface area contributed by atoms with E-state index in [2.05, 4.69) is 10.3 Å². The predicted octanol–water partition coefficient (Wildman–Crippen LogP) is 5.45. The molecule has 0 aliphatic rings. The second kappa shape index (κ2) is 7.56. The lowest BCUT2D eigenvalue weighted by atomic mass is 10.1. The van der Waals surface area contributed by atoms with Gasteiger partial charge in [0, 0.05) is 16.8 Å². The van der Waals surface area contributed by atoms with Crippen molar-refractivity contribution in [3.63, 3.8) is 0 Å². The van der Waals surface area contributed by atoms with E-state index in [1.807, 2.05) is 62.4 Å². The molecule has 0 aliphatic heterocycles. The fraction of sp³-hybridized carbons (Fsp3) is 0.130. The molecule has 1 aromatic heterocycles. The van der Waals surface area contributed by atoms with E-state index >= 15 is 0 Å². The first-order chi connectivity index (χ1) is 13.6. The number of amides is 1. The molecule has 140 valence electrons. The first-order valence-corrected chi connectivity index (χ1v) is 9.14. The van der Waals surface area contributed by atoms with Gasteiger partial charge < -0.3 is 14.5 Å². The Balaban J connectivity index is 1.51. The van der Waals surface area contributed by atoms with Crippen molar-refractivity contribution in [3.8, 4) is 17.2 Å². The second-order valence-electron chi connectivity index (χ2n) is 6.48. The normalized spacial score (nSPS) is 10.8. The van der Waals surface area contributed by atoms with Gasteiger partial charge in [-0.25, -0.2) is 4.98 Å². The van der Waals surface area contributed by atoms with Gasteiger partial charge in [0.1, 0.15) is 11.3 Å². The lowest BCUT2D eigenvalue weighted by molar-refractivity contribution is 0.102. The van der Waals surface area contributed by atoms with Crippen LogP contribution in [0.15, 0.2) is 71.1 Å². The van der Waals surface area contributed by atoms with Crippen LogP contribution in [0.3, 0.4) is 0 Å². The molecule has 0 fully saturated rings. The van der Waals surface area contributed by atoms with E-state index in [-0.39, 0.29) is 5.91 Å². The number of ether oxygens (including phenoxy) is 1. The highest BCUT2D eigenvalue weighted by Gasteiger charge is 2.10. The van der Waals surface area contributed by atoms with Crippen LogP contribution >= 0.6 is 0 Å². The average Bonchev–Trinajstić information content (AvgIpc) is 3.12. The number of benzene rings is 3. The minimum absolute atomic E-state index is 0.188. The highest BCUT2D eigenvalue weighted by molar-refractivity contribution is 6.04. The van der Waals surface area contributed by atoms with Crippen LogP contribution in [0.1, 0.15) is 22.8 Å². The minimum Gasteiger partial charge on any atom is -0.494 e. The van der Waals surface area contributed by atoms with Gasteiger partial charge in [0.2, 0.25) is 5.89 Å². The van der Waals surface area contributed by atoms with Gasteiger partial charge in [-0.15, -0.1) is 0 Å². The summed E-state index contributed by atoms with van der Waals surface area (Å²) in [5.74, 6) is 1.05. The Morgan fingerprint density at radius 3 is 2.68 bits per heavy atom. The average molecular weight is 372 g/mol. The first-order valence-electron chi connectivity index (χ1n) is 9.14. The molecular formula is C23H20N2O3. The van der Waals surface area contributed by atoms with Gasteiger partial charge in [-0.3, -0.25) is 4.79 Å². The molecule has 5 heteroatoms.